The zero-order valence-electron chi connectivity index (χ0n) is 14.7. The van der Waals surface area contributed by atoms with E-state index in [9.17, 15) is 4.39 Å². The van der Waals surface area contributed by atoms with E-state index < -0.39 is 0 Å². The van der Waals surface area contributed by atoms with Crippen LogP contribution in [0.3, 0.4) is 0 Å². The van der Waals surface area contributed by atoms with E-state index in [-0.39, 0.29) is 5.82 Å². The lowest BCUT2D eigenvalue weighted by Crippen LogP contribution is -1.98. The second-order valence-electron chi connectivity index (χ2n) is 6.62. The molecule has 3 heterocycles. The van der Waals surface area contributed by atoms with E-state index in [1.807, 2.05) is 31.5 Å². The first kappa shape index (κ1) is 16.5. The lowest BCUT2D eigenvalue weighted by molar-refractivity contribution is 0.624. The molecule has 0 amide bonds. The summed E-state index contributed by atoms with van der Waals surface area (Å²) in [5, 5.41) is 1.15. The number of aromatic amines is 1. The van der Waals surface area contributed by atoms with E-state index in [0.717, 1.165) is 47.1 Å². The van der Waals surface area contributed by atoms with Crippen molar-refractivity contribution in [2.75, 3.05) is 0 Å². The van der Waals surface area contributed by atoms with Gasteiger partial charge in [0.05, 0.1) is 0 Å². The minimum atomic E-state index is -0.179. The average Bonchev–Trinajstić information content (AvgIpc) is 3.07. The molecule has 0 aliphatic rings. The van der Waals surface area contributed by atoms with Crippen LogP contribution in [0.25, 0.3) is 11.0 Å². The predicted molar refractivity (Wildman–Crippen MR) is 102 cm³/mol. The van der Waals surface area contributed by atoms with Gasteiger partial charge in [-0.05, 0) is 72.4 Å². The van der Waals surface area contributed by atoms with E-state index in [1.165, 1.54) is 17.2 Å². The topological polar surface area (TPSA) is 41.6 Å². The number of fused-ring (bicyclic) bond motifs is 1. The van der Waals surface area contributed by atoms with Crippen LogP contribution in [-0.2, 0) is 19.3 Å². The third-order valence-electron chi connectivity index (χ3n) is 4.78. The number of aryl methyl sites for hydroxylation is 3. The van der Waals surface area contributed by atoms with Crippen LogP contribution in [0.4, 0.5) is 4.39 Å². The molecular weight excluding hydrogens is 325 g/mol. The van der Waals surface area contributed by atoms with Gasteiger partial charge in [-0.25, -0.2) is 9.37 Å². The fourth-order valence-electron chi connectivity index (χ4n) is 3.26. The van der Waals surface area contributed by atoms with Crippen LogP contribution in [0.2, 0.25) is 0 Å². The number of aromatic nitrogens is 3. The maximum Gasteiger partial charge on any atom is 0.137 e. The standard InChI is InChI=1S/C22H20FN3/c1-15-4-7-19(23)12-17(15)6-9-20-8-5-16(13-25-20)11-18-14-26-22-21(18)3-2-10-24-22/h2-5,7-8,10,12-14H,6,9,11H2,1H3,(H,24,26). The molecular formula is C22H20FN3. The van der Waals surface area contributed by atoms with E-state index in [2.05, 4.69) is 33.2 Å². The molecule has 4 heteroatoms. The first-order valence-electron chi connectivity index (χ1n) is 8.79. The minimum Gasteiger partial charge on any atom is -0.346 e. The Bertz CT molecular complexity index is 1030. The van der Waals surface area contributed by atoms with Gasteiger partial charge in [0.15, 0.2) is 0 Å². The summed E-state index contributed by atoms with van der Waals surface area (Å²) in [6.07, 6.45) is 8.16. The SMILES string of the molecule is Cc1ccc(F)cc1CCc1ccc(Cc2c[nH]c3ncccc23)cn1. The van der Waals surface area contributed by atoms with Crippen molar-refractivity contribution < 1.29 is 4.39 Å². The summed E-state index contributed by atoms with van der Waals surface area (Å²) in [6.45, 7) is 2.02. The second-order valence-corrected chi connectivity index (χ2v) is 6.62. The van der Waals surface area contributed by atoms with Gasteiger partial charge in [-0.1, -0.05) is 12.1 Å². The van der Waals surface area contributed by atoms with Crippen LogP contribution >= 0.6 is 0 Å². The number of halogens is 1. The molecule has 3 aromatic heterocycles. The Balaban J connectivity index is 1.44. The van der Waals surface area contributed by atoms with Gasteiger partial charge in [0.2, 0.25) is 0 Å². The smallest absolute Gasteiger partial charge is 0.137 e. The summed E-state index contributed by atoms with van der Waals surface area (Å²) in [4.78, 5) is 12.1. The predicted octanol–water partition coefficient (Wildman–Crippen LogP) is 4.78. The van der Waals surface area contributed by atoms with Gasteiger partial charge in [-0.3, -0.25) is 4.98 Å². The monoisotopic (exact) mass is 345 g/mol. The third-order valence-corrected chi connectivity index (χ3v) is 4.78. The van der Waals surface area contributed by atoms with Crippen LogP contribution in [0.15, 0.2) is 61.1 Å². The number of pyridine rings is 2. The molecule has 0 fully saturated rings. The maximum atomic E-state index is 13.4. The Morgan fingerprint density at radius 3 is 2.77 bits per heavy atom. The molecule has 3 nitrogen and oxygen atoms in total. The second kappa shape index (κ2) is 7.08. The van der Waals surface area contributed by atoms with Gasteiger partial charge in [0.25, 0.3) is 0 Å². The molecule has 0 spiro atoms. The van der Waals surface area contributed by atoms with Crippen LogP contribution in [0, 0.1) is 12.7 Å². The number of hydrogen-bond acceptors (Lipinski definition) is 2. The molecule has 1 N–H and O–H groups in total. The summed E-state index contributed by atoms with van der Waals surface area (Å²) in [6, 6.07) is 13.2. The first-order chi connectivity index (χ1) is 12.7. The van der Waals surface area contributed by atoms with Crippen molar-refractivity contribution in [1.29, 1.82) is 0 Å². The van der Waals surface area contributed by atoms with Gasteiger partial charge < -0.3 is 4.98 Å². The average molecular weight is 345 g/mol. The Morgan fingerprint density at radius 2 is 1.92 bits per heavy atom. The van der Waals surface area contributed by atoms with Crippen LogP contribution in [0.1, 0.15) is 27.9 Å². The lowest BCUT2D eigenvalue weighted by Gasteiger charge is -2.07. The van der Waals surface area contributed by atoms with Crippen molar-refractivity contribution in [1.82, 2.24) is 15.0 Å². The number of rotatable bonds is 5. The van der Waals surface area contributed by atoms with Gasteiger partial charge in [0, 0.05) is 36.1 Å². The first-order valence-corrected chi connectivity index (χ1v) is 8.79. The number of hydrogen-bond donors (Lipinski definition) is 1. The number of nitrogens with zero attached hydrogens (tertiary/aromatic N) is 2. The summed E-state index contributed by atoms with van der Waals surface area (Å²) in [5.41, 5.74) is 6.49. The van der Waals surface area contributed by atoms with E-state index >= 15 is 0 Å². The van der Waals surface area contributed by atoms with Crippen molar-refractivity contribution >= 4 is 11.0 Å². The molecule has 4 rings (SSSR count). The van der Waals surface area contributed by atoms with E-state index in [1.54, 1.807) is 12.3 Å². The Morgan fingerprint density at radius 1 is 1.00 bits per heavy atom. The zero-order valence-corrected chi connectivity index (χ0v) is 14.7. The molecule has 26 heavy (non-hydrogen) atoms. The minimum absolute atomic E-state index is 0.179. The van der Waals surface area contributed by atoms with Gasteiger partial charge in [-0.2, -0.15) is 0 Å². The van der Waals surface area contributed by atoms with Crippen molar-refractivity contribution in [2.45, 2.75) is 26.2 Å². The highest BCUT2D eigenvalue weighted by Crippen LogP contribution is 2.19. The van der Waals surface area contributed by atoms with Crippen molar-refractivity contribution in [3.05, 3.63) is 94.8 Å². The quantitative estimate of drug-likeness (QED) is 0.565. The highest BCUT2D eigenvalue weighted by Gasteiger charge is 2.06. The molecule has 1 aromatic carbocycles. The largest absolute Gasteiger partial charge is 0.346 e. The summed E-state index contributed by atoms with van der Waals surface area (Å²) in [5.74, 6) is -0.179. The Kier molecular flexibility index (Phi) is 4.48. The van der Waals surface area contributed by atoms with Crippen LogP contribution in [-0.4, -0.2) is 15.0 Å². The zero-order chi connectivity index (χ0) is 17.9. The van der Waals surface area contributed by atoms with Crippen molar-refractivity contribution in [3.8, 4) is 0 Å². The van der Waals surface area contributed by atoms with Crippen molar-refractivity contribution in [3.63, 3.8) is 0 Å². The summed E-state index contributed by atoms with van der Waals surface area (Å²) < 4.78 is 13.4. The molecule has 0 saturated heterocycles. The molecule has 0 aliphatic carbocycles. The van der Waals surface area contributed by atoms with Crippen LogP contribution in [0.5, 0.6) is 0 Å². The fourth-order valence-corrected chi connectivity index (χ4v) is 3.26. The van der Waals surface area contributed by atoms with Gasteiger partial charge >= 0.3 is 0 Å². The third kappa shape index (κ3) is 3.49. The molecule has 0 radical (unpaired) electrons. The molecule has 0 atom stereocenters. The molecule has 0 aliphatic heterocycles. The number of nitrogens with one attached hydrogen (secondary N) is 1. The highest BCUT2D eigenvalue weighted by atomic mass is 19.1. The summed E-state index contributed by atoms with van der Waals surface area (Å²) in [7, 11) is 0. The number of benzene rings is 1. The molecule has 0 bridgehead atoms. The lowest BCUT2D eigenvalue weighted by atomic mass is 10.0. The number of H-pyrrole nitrogens is 1. The fraction of sp³-hybridized carbons (Fsp3) is 0.182. The molecule has 0 unspecified atom stereocenters. The molecule has 4 aromatic rings. The van der Waals surface area contributed by atoms with E-state index in [0.29, 0.717) is 0 Å². The highest BCUT2D eigenvalue weighted by molar-refractivity contribution is 5.79. The van der Waals surface area contributed by atoms with Crippen molar-refractivity contribution in [2.24, 2.45) is 0 Å². The van der Waals surface area contributed by atoms with Crippen LogP contribution < -0.4 is 0 Å². The normalized spacial score (nSPS) is 11.2. The Labute approximate surface area is 152 Å². The Hall–Kier alpha value is -3.01. The van der Waals surface area contributed by atoms with E-state index in [4.69, 9.17) is 0 Å². The summed E-state index contributed by atoms with van der Waals surface area (Å²) >= 11 is 0. The molecule has 0 saturated carbocycles. The van der Waals surface area contributed by atoms with Gasteiger partial charge in [0.1, 0.15) is 11.5 Å². The molecule has 130 valence electrons. The maximum absolute atomic E-state index is 13.4. The van der Waals surface area contributed by atoms with Gasteiger partial charge in [-0.15, -0.1) is 0 Å².